The fourth-order valence-electron chi connectivity index (χ4n) is 1.39. The van der Waals surface area contributed by atoms with Crippen LogP contribution < -0.4 is 0 Å². The van der Waals surface area contributed by atoms with Crippen molar-refractivity contribution in [3.63, 3.8) is 0 Å². The van der Waals surface area contributed by atoms with Gasteiger partial charge in [0.2, 0.25) is 0 Å². The van der Waals surface area contributed by atoms with E-state index >= 15 is 0 Å². The maximum absolute atomic E-state index is 11.5. The van der Waals surface area contributed by atoms with Crippen molar-refractivity contribution < 1.29 is 14.3 Å². The smallest absolute Gasteiger partial charge is 0.303 e. The van der Waals surface area contributed by atoms with Gasteiger partial charge >= 0.3 is 5.97 Å². The Labute approximate surface area is 91.5 Å². The predicted molar refractivity (Wildman–Crippen MR) is 58.1 cm³/mol. The molecule has 0 aromatic heterocycles. The van der Waals surface area contributed by atoms with Gasteiger partial charge in [0.25, 0.3) is 0 Å². The molecule has 15 heavy (non-hydrogen) atoms. The molecule has 0 aliphatic heterocycles. The maximum Gasteiger partial charge on any atom is 0.350 e. The van der Waals surface area contributed by atoms with Gasteiger partial charge in [0.05, 0.1) is 6.42 Å². The van der Waals surface area contributed by atoms with Crippen LogP contribution in [-0.2, 0) is 9.74 Å². The SMILES string of the molecule is CCCCN(CCCC)CCC(=O)OF. The Morgan fingerprint density at radius 3 is 2.07 bits per heavy atom. The number of hydrogen-bond donors (Lipinski definition) is 0. The van der Waals surface area contributed by atoms with E-state index in [1.165, 1.54) is 0 Å². The molecular weight excluding hydrogens is 197 g/mol. The normalized spacial score (nSPS) is 10.7. The van der Waals surface area contributed by atoms with Crippen LogP contribution >= 0.6 is 0 Å². The number of unbranched alkanes of at least 4 members (excludes halogenated alkanes) is 2. The number of nitrogens with zero attached hydrogens (tertiary/aromatic N) is 1. The van der Waals surface area contributed by atoms with Gasteiger partial charge in [0.15, 0.2) is 0 Å². The van der Waals surface area contributed by atoms with Crippen molar-refractivity contribution in [2.75, 3.05) is 19.6 Å². The van der Waals surface area contributed by atoms with Crippen molar-refractivity contribution in [3.05, 3.63) is 0 Å². The highest BCUT2D eigenvalue weighted by Crippen LogP contribution is 2.01. The minimum Gasteiger partial charge on any atom is -0.303 e. The van der Waals surface area contributed by atoms with Crippen LogP contribution in [0.15, 0.2) is 0 Å². The van der Waals surface area contributed by atoms with Crippen molar-refractivity contribution in [2.24, 2.45) is 0 Å². The van der Waals surface area contributed by atoms with Gasteiger partial charge in [0, 0.05) is 11.1 Å². The van der Waals surface area contributed by atoms with E-state index in [2.05, 4.69) is 23.7 Å². The van der Waals surface area contributed by atoms with E-state index in [0.717, 1.165) is 38.8 Å². The Morgan fingerprint density at radius 1 is 1.13 bits per heavy atom. The number of hydrogen-bond acceptors (Lipinski definition) is 3. The van der Waals surface area contributed by atoms with Crippen LogP contribution in [0.1, 0.15) is 46.0 Å². The van der Waals surface area contributed by atoms with Gasteiger partial charge in [-0.25, -0.2) is 4.79 Å². The maximum atomic E-state index is 11.5. The van der Waals surface area contributed by atoms with Crippen molar-refractivity contribution in [1.29, 1.82) is 0 Å². The summed E-state index contributed by atoms with van der Waals surface area (Å²) in [7, 11) is 0. The zero-order valence-electron chi connectivity index (χ0n) is 9.80. The largest absolute Gasteiger partial charge is 0.350 e. The molecule has 0 radical (unpaired) electrons. The molecule has 0 amide bonds. The zero-order chi connectivity index (χ0) is 11.5. The highest BCUT2D eigenvalue weighted by atomic mass is 19.3. The first-order valence-electron chi connectivity index (χ1n) is 5.78. The summed E-state index contributed by atoms with van der Waals surface area (Å²) in [6.07, 6.45) is 4.65. The summed E-state index contributed by atoms with van der Waals surface area (Å²) in [4.78, 5) is 16.0. The third kappa shape index (κ3) is 8.36. The lowest BCUT2D eigenvalue weighted by Gasteiger charge is -2.20. The summed E-state index contributed by atoms with van der Waals surface area (Å²) >= 11 is 0. The highest BCUT2D eigenvalue weighted by Gasteiger charge is 2.08. The molecule has 0 aliphatic carbocycles. The van der Waals surface area contributed by atoms with E-state index in [0.29, 0.717) is 6.54 Å². The fraction of sp³-hybridized carbons (Fsp3) is 0.909. The minimum atomic E-state index is -0.770. The Bertz CT molecular complexity index is 157. The third-order valence-electron chi connectivity index (χ3n) is 2.37. The fourth-order valence-corrected chi connectivity index (χ4v) is 1.39. The van der Waals surface area contributed by atoms with Crippen LogP contribution in [0.3, 0.4) is 0 Å². The lowest BCUT2D eigenvalue weighted by Crippen LogP contribution is -2.28. The van der Waals surface area contributed by atoms with E-state index in [-0.39, 0.29) is 6.42 Å². The molecule has 0 saturated carbocycles. The molecule has 0 N–H and O–H groups in total. The zero-order valence-corrected chi connectivity index (χ0v) is 9.80. The molecule has 0 aliphatic rings. The Kier molecular flexibility index (Phi) is 9.48. The summed E-state index contributed by atoms with van der Waals surface area (Å²) in [5.74, 6) is -0.770. The highest BCUT2D eigenvalue weighted by molar-refractivity contribution is 5.68. The Morgan fingerprint density at radius 2 is 1.67 bits per heavy atom. The van der Waals surface area contributed by atoms with E-state index in [4.69, 9.17) is 0 Å². The molecule has 0 spiro atoms. The summed E-state index contributed by atoms with van der Waals surface area (Å²) in [5, 5.41) is 0. The first-order valence-corrected chi connectivity index (χ1v) is 5.78. The molecule has 3 nitrogen and oxygen atoms in total. The molecule has 0 rings (SSSR count). The molecule has 0 unspecified atom stereocenters. The van der Waals surface area contributed by atoms with Gasteiger partial charge < -0.3 is 4.90 Å². The third-order valence-corrected chi connectivity index (χ3v) is 2.37. The van der Waals surface area contributed by atoms with Crippen LogP contribution in [0, 0.1) is 0 Å². The van der Waals surface area contributed by atoms with Crippen LogP contribution in [0.4, 0.5) is 4.53 Å². The molecule has 4 heteroatoms. The van der Waals surface area contributed by atoms with Crippen molar-refractivity contribution in [3.8, 4) is 0 Å². The summed E-state index contributed by atoms with van der Waals surface area (Å²) in [6, 6.07) is 0. The van der Waals surface area contributed by atoms with Gasteiger partial charge in [-0.15, -0.1) is 0 Å². The molecular formula is C11H22FNO2. The Balaban J connectivity index is 3.72. The second-order valence-corrected chi connectivity index (χ2v) is 3.75. The van der Waals surface area contributed by atoms with Crippen LogP contribution in [-0.4, -0.2) is 30.5 Å². The van der Waals surface area contributed by atoms with Gasteiger partial charge in [-0.3, -0.25) is 4.94 Å². The standard InChI is InChI=1S/C11H22FNO2/c1-3-5-8-13(9-6-4-2)10-7-11(14)15-12/h3-10H2,1-2H3. The van der Waals surface area contributed by atoms with E-state index in [9.17, 15) is 9.32 Å². The molecule has 0 heterocycles. The van der Waals surface area contributed by atoms with Gasteiger partial charge in [-0.05, 0) is 25.9 Å². The minimum absolute atomic E-state index is 0.143. The van der Waals surface area contributed by atoms with Crippen molar-refractivity contribution >= 4 is 5.97 Å². The molecule has 0 saturated heterocycles. The van der Waals surface area contributed by atoms with E-state index in [1.54, 1.807) is 0 Å². The van der Waals surface area contributed by atoms with Crippen LogP contribution in [0.5, 0.6) is 0 Å². The van der Waals surface area contributed by atoms with Crippen LogP contribution in [0.2, 0.25) is 0 Å². The summed E-state index contributed by atoms with van der Waals surface area (Å²) < 4.78 is 11.5. The monoisotopic (exact) mass is 219 g/mol. The van der Waals surface area contributed by atoms with Gasteiger partial charge in [0.1, 0.15) is 0 Å². The van der Waals surface area contributed by atoms with Gasteiger partial charge in [-0.1, -0.05) is 26.7 Å². The van der Waals surface area contributed by atoms with Gasteiger partial charge in [-0.2, -0.15) is 0 Å². The first kappa shape index (κ1) is 14.4. The summed E-state index contributed by atoms with van der Waals surface area (Å²) in [6.45, 7) is 6.83. The van der Waals surface area contributed by atoms with Crippen molar-refractivity contribution in [1.82, 2.24) is 4.90 Å². The Hall–Kier alpha value is -0.640. The van der Waals surface area contributed by atoms with Crippen molar-refractivity contribution in [2.45, 2.75) is 46.0 Å². The number of rotatable bonds is 9. The second kappa shape index (κ2) is 9.90. The first-order chi connectivity index (χ1) is 7.24. The molecule has 0 bridgehead atoms. The number of carbonyl (C=O) groups excluding carboxylic acids is 1. The van der Waals surface area contributed by atoms with E-state index in [1.807, 2.05) is 0 Å². The number of carbonyl (C=O) groups is 1. The van der Waals surface area contributed by atoms with Crippen LogP contribution in [0.25, 0.3) is 0 Å². The molecule has 0 aromatic carbocycles. The quantitative estimate of drug-likeness (QED) is 0.597. The average Bonchev–Trinajstić information content (AvgIpc) is 2.27. The molecule has 0 aromatic rings. The summed E-state index contributed by atoms with van der Waals surface area (Å²) in [5.41, 5.74) is 0. The molecule has 0 atom stereocenters. The lowest BCUT2D eigenvalue weighted by molar-refractivity contribution is -0.183. The topological polar surface area (TPSA) is 29.5 Å². The van der Waals surface area contributed by atoms with E-state index < -0.39 is 5.97 Å². The average molecular weight is 219 g/mol. The predicted octanol–water partition coefficient (Wildman–Crippen LogP) is 2.71. The lowest BCUT2D eigenvalue weighted by atomic mass is 10.2. The molecule has 90 valence electrons. The molecule has 0 fully saturated rings. The second-order valence-electron chi connectivity index (χ2n) is 3.75. The number of halogens is 1.